The van der Waals surface area contributed by atoms with Crippen molar-refractivity contribution in [2.45, 2.75) is 40.2 Å². The zero-order chi connectivity index (χ0) is 20.5. The van der Waals surface area contributed by atoms with Crippen molar-refractivity contribution in [3.63, 3.8) is 0 Å². The molecule has 0 aromatic heterocycles. The number of carbonyl (C=O) groups excluding carboxylic acids is 2. The molecule has 0 bridgehead atoms. The van der Waals surface area contributed by atoms with Crippen LogP contribution in [-0.4, -0.2) is 42.5 Å². The Morgan fingerprint density at radius 2 is 1.82 bits per heavy atom. The normalized spacial score (nSPS) is 11.6. The van der Waals surface area contributed by atoms with Gasteiger partial charge in [0.05, 0.1) is 0 Å². The number of likely N-dealkylation sites (N-methyl/N-ethyl adjacent to an activating group) is 1. The number of carbonyl (C=O) groups is 2. The fourth-order valence-electron chi connectivity index (χ4n) is 2.98. The Balaban J connectivity index is 2.08. The third kappa shape index (κ3) is 6.12. The molecule has 2 rings (SSSR count). The summed E-state index contributed by atoms with van der Waals surface area (Å²) in [5, 5.41) is 2.80. The molecule has 2 aromatic rings. The van der Waals surface area contributed by atoms with Gasteiger partial charge in [0.2, 0.25) is 5.91 Å². The summed E-state index contributed by atoms with van der Waals surface area (Å²) in [6, 6.07) is 15.3. The first-order chi connectivity index (χ1) is 13.4. The van der Waals surface area contributed by atoms with Crippen LogP contribution >= 0.6 is 0 Å². The van der Waals surface area contributed by atoms with Gasteiger partial charge in [0.25, 0.3) is 5.91 Å². The number of benzene rings is 2. The van der Waals surface area contributed by atoms with Gasteiger partial charge in [-0.15, -0.1) is 0 Å². The summed E-state index contributed by atoms with van der Waals surface area (Å²) in [4.78, 5) is 26.8. The first-order valence-corrected chi connectivity index (χ1v) is 9.73. The Kier molecular flexibility index (Phi) is 8.05. The molecule has 28 heavy (non-hydrogen) atoms. The van der Waals surface area contributed by atoms with Crippen LogP contribution < -0.4 is 10.1 Å². The van der Waals surface area contributed by atoms with Crippen LogP contribution in [0.25, 0.3) is 0 Å². The highest BCUT2D eigenvalue weighted by Crippen LogP contribution is 2.19. The molecule has 5 nitrogen and oxygen atoms in total. The van der Waals surface area contributed by atoms with Crippen molar-refractivity contribution in [2.75, 3.05) is 19.7 Å². The molecule has 0 aliphatic heterocycles. The van der Waals surface area contributed by atoms with Crippen molar-refractivity contribution in [1.82, 2.24) is 10.2 Å². The lowest BCUT2D eigenvalue weighted by Crippen LogP contribution is -2.50. The van der Waals surface area contributed by atoms with E-state index in [9.17, 15) is 9.59 Å². The summed E-state index contributed by atoms with van der Waals surface area (Å²) < 4.78 is 5.78. The van der Waals surface area contributed by atoms with Crippen molar-refractivity contribution in [3.05, 3.63) is 65.2 Å². The van der Waals surface area contributed by atoms with Gasteiger partial charge in [-0.25, -0.2) is 0 Å². The van der Waals surface area contributed by atoms with Gasteiger partial charge in [0, 0.05) is 13.1 Å². The highest BCUT2D eigenvalue weighted by molar-refractivity contribution is 5.87. The van der Waals surface area contributed by atoms with Gasteiger partial charge in [-0.1, -0.05) is 42.5 Å². The van der Waals surface area contributed by atoms with E-state index >= 15 is 0 Å². The average molecular weight is 383 g/mol. The number of rotatable bonds is 9. The zero-order valence-electron chi connectivity index (χ0n) is 17.2. The van der Waals surface area contributed by atoms with Crippen molar-refractivity contribution >= 4 is 11.8 Å². The largest absolute Gasteiger partial charge is 0.483 e. The smallest absolute Gasteiger partial charge is 0.261 e. The molecule has 2 amide bonds. The van der Waals surface area contributed by atoms with Gasteiger partial charge < -0.3 is 15.0 Å². The molecule has 0 aliphatic rings. The first kappa shape index (κ1) is 21.5. The van der Waals surface area contributed by atoms with E-state index in [0.717, 1.165) is 16.7 Å². The minimum Gasteiger partial charge on any atom is -0.483 e. The van der Waals surface area contributed by atoms with Gasteiger partial charge in [0.1, 0.15) is 11.8 Å². The molecule has 0 radical (unpaired) electrons. The lowest BCUT2D eigenvalue weighted by atomic mass is 10.1. The number of hydrogen-bond acceptors (Lipinski definition) is 3. The Morgan fingerprint density at radius 3 is 2.50 bits per heavy atom. The maximum absolute atomic E-state index is 12.9. The van der Waals surface area contributed by atoms with Crippen molar-refractivity contribution in [1.29, 1.82) is 0 Å². The number of nitrogens with zero attached hydrogens (tertiary/aromatic N) is 1. The number of hydrogen-bond donors (Lipinski definition) is 1. The first-order valence-electron chi connectivity index (χ1n) is 9.73. The minimum atomic E-state index is -0.557. The quantitative estimate of drug-likeness (QED) is 0.724. The summed E-state index contributed by atoms with van der Waals surface area (Å²) in [5.74, 6) is 0.341. The lowest BCUT2D eigenvalue weighted by molar-refractivity contribution is -0.141. The van der Waals surface area contributed by atoms with E-state index in [1.54, 1.807) is 11.8 Å². The second-order valence-corrected chi connectivity index (χ2v) is 6.95. The molecule has 150 valence electrons. The molecule has 0 spiro atoms. The lowest BCUT2D eigenvalue weighted by Gasteiger charge is -2.28. The van der Waals surface area contributed by atoms with Gasteiger partial charge in [-0.05, 0) is 56.9 Å². The maximum atomic E-state index is 12.9. The Morgan fingerprint density at radius 1 is 1.11 bits per heavy atom. The van der Waals surface area contributed by atoms with Crippen molar-refractivity contribution in [2.24, 2.45) is 0 Å². The molecule has 0 saturated heterocycles. The predicted octanol–water partition coefficient (Wildman–Crippen LogP) is 3.28. The van der Waals surface area contributed by atoms with Crippen molar-refractivity contribution < 1.29 is 14.3 Å². The summed E-state index contributed by atoms with van der Waals surface area (Å²) in [7, 11) is 0. The third-order valence-electron chi connectivity index (χ3n) is 4.70. The molecule has 1 N–H and O–H groups in total. The van der Waals surface area contributed by atoms with Crippen molar-refractivity contribution in [3.8, 4) is 5.75 Å². The highest BCUT2D eigenvalue weighted by Gasteiger charge is 2.25. The van der Waals surface area contributed by atoms with Crippen LogP contribution in [0.5, 0.6) is 5.75 Å². The second kappa shape index (κ2) is 10.5. The molecule has 5 heteroatoms. The van der Waals surface area contributed by atoms with E-state index in [0.29, 0.717) is 25.3 Å². The minimum absolute atomic E-state index is 0.0944. The topological polar surface area (TPSA) is 58.6 Å². The Hall–Kier alpha value is -2.82. The number of ether oxygens (including phenoxy) is 1. The van der Waals surface area contributed by atoms with E-state index in [1.165, 1.54) is 0 Å². The summed E-state index contributed by atoms with van der Waals surface area (Å²) in [5.41, 5.74) is 3.18. The summed E-state index contributed by atoms with van der Waals surface area (Å²) in [6.45, 7) is 8.44. The predicted molar refractivity (Wildman–Crippen MR) is 111 cm³/mol. The highest BCUT2D eigenvalue weighted by atomic mass is 16.5. The van der Waals surface area contributed by atoms with Gasteiger partial charge in [-0.2, -0.15) is 0 Å². The van der Waals surface area contributed by atoms with E-state index in [1.807, 2.05) is 69.3 Å². The molecule has 2 aromatic carbocycles. The molecule has 0 saturated carbocycles. The molecule has 0 fully saturated rings. The van der Waals surface area contributed by atoms with Crippen LogP contribution in [0.15, 0.2) is 48.5 Å². The van der Waals surface area contributed by atoms with E-state index in [2.05, 4.69) is 5.32 Å². The van der Waals surface area contributed by atoms with E-state index in [4.69, 9.17) is 4.74 Å². The van der Waals surface area contributed by atoms with Crippen LogP contribution in [-0.2, 0) is 16.0 Å². The number of amides is 2. The van der Waals surface area contributed by atoms with Gasteiger partial charge in [0.15, 0.2) is 6.61 Å². The van der Waals surface area contributed by atoms with Gasteiger partial charge >= 0.3 is 0 Å². The number of aryl methyl sites for hydroxylation is 2. The molecule has 0 heterocycles. The monoisotopic (exact) mass is 382 g/mol. The van der Waals surface area contributed by atoms with Crippen LogP contribution in [0.2, 0.25) is 0 Å². The van der Waals surface area contributed by atoms with Crippen LogP contribution in [0.3, 0.4) is 0 Å². The Labute approximate surface area is 167 Å². The molecule has 0 unspecified atom stereocenters. The standard InChI is InChI=1S/C23H30N2O3/c1-5-24-23(27)19(4)25(14-13-20-9-7-6-8-10-20)22(26)16-28-21-15-17(2)11-12-18(21)3/h6-12,15,19H,5,13-14,16H2,1-4H3,(H,24,27)/t19-/m1/s1. The number of nitrogens with one attached hydrogen (secondary N) is 1. The summed E-state index contributed by atoms with van der Waals surface area (Å²) in [6.07, 6.45) is 0.680. The van der Waals surface area contributed by atoms with Gasteiger partial charge in [-0.3, -0.25) is 9.59 Å². The fraction of sp³-hybridized carbons (Fsp3) is 0.391. The Bertz CT molecular complexity index is 790. The second-order valence-electron chi connectivity index (χ2n) is 6.95. The zero-order valence-corrected chi connectivity index (χ0v) is 17.2. The molecular formula is C23H30N2O3. The molecular weight excluding hydrogens is 352 g/mol. The van der Waals surface area contributed by atoms with Crippen LogP contribution in [0.1, 0.15) is 30.5 Å². The maximum Gasteiger partial charge on any atom is 0.261 e. The third-order valence-corrected chi connectivity index (χ3v) is 4.70. The van der Waals surface area contributed by atoms with E-state index < -0.39 is 6.04 Å². The average Bonchev–Trinajstić information content (AvgIpc) is 2.69. The molecule has 1 atom stereocenters. The van der Waals surface area contributed by atoms with Crippen LogP contribution in [0, 0.1) is 13.8 Å². The van der Waals surface area contributed by atoms with E-state index in [-0.39, 0.29) is 18.4 Å². The SMILES string of the molecule is CCNC(=O)[C@@H](C)N(CCc1ccccc1)C(=O)COc1cc(C)ccc1C. The fourth-order valence-corrected chi connectivity index (χ4v) is 2.98. The molecule has 0 aliphatic carbocycles. The summed E-state index contributed by atoms with van der Waals surface area (Å²) >= 11 is 0. The van der Waals surface area contributed by atoms with Crippen LogP contribution in [0.4, 0.5) is 0 Å².